The average Bonchev–Trinajstić information content (AvgIpc) is 2.38. The van der Waals surface area contributed by atoms with Crippen molar-refractivity contribution >= 4 is 21.8 Å². The van der Waals surface area contributed by atoms with Crippen molar-refractivity contribution in [2.45, 2.75) is 38.8 Å². The number of methoxy groups -OCH3 is 1. The Morgan fingerprint density at radius 2 is 2.15 bits per heavy atom. The van der Waals surface area contributed by atoms with Crippen LogP contribution in [0.1, 0.15) is 32.3 Å². The zero-order valence-corrected chi connectivity index (χ0v) is 14.2. The lowest BCUT2D eigenvalue weighted by atomic mass is 9.95. The minimum absolute atomic E-state index is 0.0543. The molecule has 4 nitrogen and oxygen atoms in total. The molecule has 0 spiro atoms. The third kappa shape index (κ3) is 4.21. The predicted octanol–water partition coefficient (Wildman–Crippen LogP) is 2.93. The second kappa shape index (κ2) is 7.09. The van der Waals surface area contributed by atoms with Crippen molar-refractivity contribution in [2.24, 2.45) is 5.73 Å². The molecule has 1 rings (SSSR count). The molecular formula is C15H23BrN2O2. The van der Waals surface area contributed by atoms with Gasteiger partial charge >= 0.3 is 0 Å². The Morgan fingerprint density at radius 1 is 1.50 bits per heavy atom. The molecule has 0 aliphatic rings. The van der Waals surface area contributed by atoms with E-state index in [0.717, 1.165) is 22.2 Å². The van der Waals surface area contributed by atoms with E-state index >= 15 is 0 Å². The van der Waals surface area contributed by atoms with Crippen LogP contribution in [0.2, 0.25) is 0 Å². The summed E-state index contributed by atoms with van der Waals surface area (Å²) < 4.78 is 6.28. The van der Waals surface area contributed by atoms with Gasteiger partial charge in [0.15, 0.2) is 0 Å². The Hall–Kier alpha value is -1.07. The highest BCUT2D eigenvalue weighted by atomic mass is 79.9. The van der Waals surface area contributed by atoms with Crippen molar-refractivity contribution in [3.8, 4) is 5.75 Å². The summed E-state index contributed by atoms with van der Waals surface area (Å²) in [5.41, 5.74) is 6.23. The fourth-order valence-electron chi connectivity index (χ4n) is 2.26. The molecule has 20 heavy (non-hydrogen) atoms. The van der Waals surface area contributed by atoms with E-state index in [1.54, 1.807) is 26.0 Å². The number of hydrogen-bond acceptors (Lipinski definition) is 3. The third-order valence-electron chi connectivity index (χ3n) is 3.25. The molecule has 0 bridgehead atoms. The zero-order valence-electron chi connectivity index (χ0n) is 12.6. The van der Waals surface area contributed by atoms with E-state index in [1.807, 2.05) is 25.1 Å². The monoisotopic (exact) mass is 342 g/mol. The third-order valence-corrected chi connectivity index (χ3v) is 3.75. The molecule has 1 aromatic rings. The average molecular weight is 343 g/mol. The molecule has 0 aromatic heterocycles. The first-order valence-electron chi connectivity index (χ1n) is 6.68. The summed E-state index contributed by atoms with van der Waals surface area (Å²) in [6.45, 7) is 4.28. The maximum Gasteiger partial charge on any atom is 0.242 e. The molecule has 0 radical (unpaired) electrons. The first-order chi connectivity index (χ1) is 9.31. The molecule has 1 amide bonds. The van der Waals surface area contributed by atoms with E-state index in [9.17, 15) is 4.79 Å². The number of carbonyl (C=O) groups excluding carboxylic acids is 1. The van der Waals surface area contributed by atoms with Gasteiger partial charge in [-0.25, -0.2) is 0 Å². The van der Waals surface area contributed by atoms with Crippen molar-refractivity contribution in [3.63, 3.8) is 0 Å². The Morgan fingerprint density at radius 3 is 2.70 bits per heavy atom. The van der Waals surface area contributed by atoms with Gasteiger partial charge in [0.1, 0.15) is 5.75 Å². The topological polar surface area (TPSA) is 55.6 Å². The number of benzene rings is 1. The van der Waals surface area contributed by atoms with Crippen LogP contribution in [-0.2, 0) is 11.3 Å². The number of amides is 1. The summed E-state index contributed by atoms with van der Waals surface area (Å²) >= 11 is 3.43. The zero-order chi connectivity index (χ0) is 15.3. The molecule has 2 N–H and O–H groups in total. The van der Waals surface area contributed by atoms with Gasteiger partial charge in [-0.2, -0.15) is 0 Å². The molecule has 1 unspecified atom stereocenters. The number of hydrogen-bond donors (Lipinski definition) is 1. The minimum atomic E-state index is -0.817. The lowest BCUT2D eigenvalue weighted by Crippen LogP contribution is -2.51. The summed E-state index contributed by atoms with van der Waals surface area (Å²) in [7, 11) is 3.39. The number of halogens is 1. The Balaban J connectivity index is 2.88. The van der Waals surface area contributed by atoms with Gasteiger partial charge in [0, 0.05) is 23.6 Å². The van der Waals surface area contributed by atoms with Crippen molar-refractivity contribution in [1.29, 1.82) is 0 Å². The smallest absolute Gasteiger partial charge is 0.242 e. The second-order valence-corrected chi connectivity index (χ2v) is 6.20. The van der Waals surface area contributed by atoms with E-state index in [0.29, 0.717) is 13.0 Å². The Kier molecular flexibility index (Phi) is 6.02. The molecule has 1 atom stereocenters. The highest BCUT2D eigenvalue weighted by Gasteiger charge is 2.30. The van der Waals surface area contributed by atoms with E-state index < -0.39 is 5.54 Å². The van der Waals surface area contributed by atoms with Crippen LogP contribution in [0.5, 0.6) is 5.75 Å². The highest BCUT2D eigenvalue weighted by molar-refractivity contribution is 9.10. The standard InChI is InChI=1S/C15H23BrN2O2/c1-5-8-15(2,17)14(19)18(3)10-11-9-12(16)6-7-13(11)20-4/h6-7,9H,5,8,10,17H2,1-4H3. The largest absolute Gasteiger partial charge is 0.496 e. The van der Waals surface area contributed by atoms with Gasteiger partial charge in [-0.05, 0) is 31.5 Å². The van der Waals surface area contributed by atoms with Crippen LogP contribution in [0.4, 0.5) is 0 Å². The summed E-state index contributed by atoms with van der Waals surface area (Å²) in [5, 5.41) is 0. The molecule has 5 heteroatoms. The van der Waals surface area contributed by atoms with Crippen LogP contribution in [-0.4, -0.2) is 30.5 Å². The van der Waals surface area contributed by atoms with Crippen LogP contribution in [0, 0.1) is 0 Å². The molecule has 0 fully saturated rings. The van der Waals surface area contributed by atoms with Crippen LogP contribution in [0.3, 0.4) is 0 Å². The maximum absolute atomic E-state index is 12.4. The van der Waals surface area contributed by atoms with E-state index in [-0.39, 0.29) is 5.91 Å². The van der Waals surface area contributed by atoms with Crippen molar-refractivity contribution in [3.05, 3.63) is 28.2 Å². The fourth-order valence-corrected chi connectivity index (χ4v) is 2.67. The maximum atomic E-state index is 12.4. The van der Waals surface area contributed by atoms with Gasteiger partial charge in [0.05, 0.1) is 12.6 Å². The summed E-state index contributed by atoms with van der Waals surface area (Å²) in [4.78, 5) is 14.0. The van der Waals surface area contributed by atoms with Crippen molar-refractivity contribution in [2.75, 3.05) is 14.2 Å². The van der Waals surface area contributed by atoms with Gasteiger partial charge in [0.25, 0.3) is 0 Å². The number of likely N-dealkylation sites (N-methyl/N-ethyl adjacent to an activating group) is 1. The number of carbonyl (C=O) groups is 1. The van der Waals surface area contributed by atoms with Crippen LogP contribution >= 0.6 is 15.9 Å². The van der Waals surface area contributed by atoms with E-state index in [4.69, 9.17) is 10.5 Å². The van der Waals surface area contributed by atoms with Gasteiger partial charge in [-0.15, -0.1) is 0 Å². The first kappa shape index (κ1) is 17.0. The SMILES string of the molecule is CCCC(C)(N)C(=O)N(C)Cc1cc(Br)ccc1OC. The second-order valence-electron chi connectivity index (χ2n) is 5.28. The summed E-state index contributed by atoms with van der Waals surface area (Å²) in [6, 6.07) is 5.75. The van der Waals surface area contributed by atoms with E-state index in [2.05, 4.69) is 15.9 Å². The minimum Gasteiger partial charge on any atom is -0.496 e. The van der Waals surface area contributed by atoms with Gasteiger partial charge in [-0.3, -0.25) is 4.79 Å². The predicted molar refractivity (Wildman–Crippen MR) is 84.7 cm³/mol. The quantitative estimate of drug-likeness (QED) is 0.864. The fraction of sp³-hybridized carbons (Fsp3) is 0.533. The van der Waals surface area contributed by atoms with E-state index in [1.165, 1.54) is 0 Å². The molecular weight excluding hydrogens is 320 g/mol. The molecule has 0 saturated carbocycles. The molecule has 112 valence electrons. The van der Waals surface area contributed by atoms with Gasteiger partial charge in [-0.1, -0.05) is 29.3 Å². The Labute approximate surface area is 129 Å². The lowest BCUT2D eigenvalue weighted by Gasteiger charge is -2.29. The number of rotatable bonds is 6. The van der Waals surface area contributed by atoms with Crippen LogP contribution in [0.25, 0.3) is 0 Å². The molecule has 0 saturated heterocycles. The number of nitrogens with two attached hydrogens (primary N) is 1. The molecule has 0 aliphatic heterocycles. The van der Waals surface area contributed by atoms with Gasteiger partial charge in [0.2, 0.25) is 5.91 Å². The summed E-state index contributed by atoms with van der Waals surface area (Å²) in [6.07, 6.45) is 1.55. The molecule has 0 heterocycles. The number of ether oxygens (including phenoxy) is 1. The molecule has 0 aliphatic carbocycles. The van der Waals surface area contributed by atoms with Crippen molar-refractivity contribution < 1.29 is 9.53 Å². The first-order valence-corrected chi connectivity index (χ1v) is 7.48. The summed E-state index contributed by atoms with van der Waals surface area (Å²) in [5.74, 6) is 0.712. The van der Waals surface area contributed by atoms with Crippen molar-refractivity contribution in [1.82, 2.24) is 4.90 Å². The van der Waals surface area contributed by atoms with Gasteiger partial charge < -0.3 is 15.4 Å². The molecule has 1 aromatic carbocycles. The number of nitrogens with zero attached hydrogens (tertiary/aromatic N) is 1. The van der Waals surface area contributed by atoms with Crippen LogP contribution in [0.15, 0.2) is 22.7 Å². The Bertz CT molecular complexity index is 475. The highest BCUT2D eigenvalue weighted by Crippen LogP contribution is 2.25. The van der Waals surface area contributed by atoms with Crippen LogP contribution < -0.4 is 10.5 Å². The normalized spacial score (nSPS) is 13.7. The lowest BCUT2D eigenvalue weighted by molar-refractivity contribution is -0.135.